The van der Waals surface area contributed by atoms with Crippen LogP contribution in [0.4, 0.5) is 11.5 Å². The van der Waals surface area contributed by atoms with Crippen molar-refractivity contribution in [2.45, 2.75) is 19.5 Å². The molecule has 2 amide bonds. The number of methoxy groups -OCH3 is 1. The molecule has 2 aliphatic rings. The summed E-state index contributed by atoms with van der Waals surface area (Å²) in [5, 5.41) is 4.27. The van der Waals surface area contributed by atoms with Gasteiger partial charge < -0.3 is 14.5 Å². The Kier molecular flexibility index (Phi) is 5.73. The van der Waals surface area contributed by atoms with Crippen molar-refractivity contribution in [1.29, 1.82) is 0 Å². The summed E-state index contributed by atoms with van der Waals surface area (Å²) in [7, 11) is 1.67. The van der Waals surface area contributed by atoms with Crippen LogP contribution in [0.3, 0.4) is 0 Å². The predicted octanol–water partition coefficient (Wildman–Crippen LogP) is 2.79. The van der Waals surface area contributed by atoms with Crippen molar-refractivity contribution in [1.82, 2.24) is 14.7 Å². The molecule has 0 spiro atoms. The first-order valence-electron chi connectivity index (χ1n) is 11.2. The molecule has 2 aromatic carbocycles. The average Bonchev–Trinajstić information content (AvgIpc) is 3.35. The van der Waals surface area contributed by atoms with Gasteiger partial charge in [0.05, 0.1) is 26.4 Å². The van der Waals surface area contributed by atoms with Crippen molar-refractivity contribution >= 4 is 23.3 Å². The standard InChI is InChI=1S/C25H27N5O3/c1-33-22-4-2-3-21(17-22)27-13-15-28(16-14-27)25(32)20-7-5-19(6-8-20)18-29-23-9-11-26-30(23)12-10-24(29)31/h2-9,11,17H,10,12-16,18H2,1H3. The zero-order valence-corrected chi connectivity index (χ0v) is 18.7. The Bertz CT molecular complexity index is 1150. The van der Waals surface area contributed by atoms with E-state index in [9.17, 15) is 9.59 Å². The second-order valence-electron chi connectivity index (χ2n) is 8.32. The molecule has 8 heteroatoms. The van der Waals surface area contributed by atoms with Gasteiger partial charge in [-0.05, 0) is 29.8 Å². The van der Waals surface area contributed by atoms with Crippen LogP contribution in [0.2, 0.25) is 0 Å². The zero-order valence-electron chi connectivity index (χ0n) is 18.7. The van der Waals surface area contributed by atoms with Crippen LogP contribution in [0.15, 0.2) is 60.8 Å². The third-order valence-corrected chi connectivity index (χ3v) is 6.34. The summed E-state index contributed by atoms with van der Waals surface area (Å²) in [6.45, 7) is 3.99. The number of hydrogen-bond acceptors (Lipinski definition) is 5. The molecule has 0 aliphatic carbocycles. The van der Waals surface area contributed by atoms with Gasteiger partial charge in [0.1, 0.15) is 11.6 Å². The Balaban J connectivity index is 1.20. The first-order valence-corrected chi connectivity index (χ1v) is 11.2. The third-order valence-electron chi connectivity index (χ3n) is 6.34. The summed E-state index contributed by atoms with van der Waals surface area (Å²) in [6, 6.07) is 17.5. The van der Waals surface area contributed by atoms with E-state index in [4.69, 9.17) is 4.74 Å². The van der Waals surface area contributed by atoms with Crippen LogP contribution in [0.1, 0.15) is 22.3 Å². The molecule has 1 aromatic heterocycles. The fraction of sp³-hybridized carbons (Fsp3) is 0.320. The lowest BCUT2D eigenvalue weighted by atomic mass is 10.1. The first kappa shape index (κ1) is 21.1. The summed E-state index contributed by atoms with van der Waals surface area (Å²) < 4.78 is 7.17. The number of hydrogen-bond donors (Lipinski definition) is 0. The number of aryl methyl sites for hydroxylation is 1. The average molecular weight is 446 g/mol. The summed E-state index contributed by atoms with van der Waals surface area (Å²) in [6.07, 6.45) is 2.17. The van der Waals surface area contributed by atoms with E-state index in [0.29, 0.717) is 38.2 Å². The van der Waals surface area contributed by atoms with Crippen LogP contribution in [0.25, 0.3) is 0 Å². The van der Waals surface area contributed by atoms with E-state index in [0.717, 1.165) is 35.9 Å². The van der Waals surface area contributed by atoms with E-state index in [2.05, 4.69) is 16.1 Å². The fourth-order valence-electron chi connectivity index (χ4n) is 4.45. The van der Waals surface area contributed by atoms with Gasteiger partial charge in [0.2, 0.25) is 5.91 Å². The van der Waals surface area contributed by atoms with E-state index < -0.39 is 0 Å². The number of aromatic nitrogens is 2. The van der Waals surface area contributed by atoms with E-state index in [1.807, 2.05) is 58.1 Å². The number of carbonyl (C=O) groups is 2. The van der Waals surface area contributed by atoms with Gasteiger partial charge in [-0.15, -0.1) is 0 Å². The van der Waals surface area contributed by atoms with Crippen LogP contribution in [0, 0.1) is 0 Å². The molecule has 5 rings (SSSR count). The highest BCUT2D eigenvalue weighted by atomic mass is 16.5. The van der Waals surface area contributed by atoms with Crippen molar-refractivity contribution < 1.29 is 14.3 Å². The van der Waals surface area contributed by atoms with Crippen molar-refractivity contribution in [3.05, 3.63) is 71.9 Å². The maximum Gasteiger partial charge on any atom is 0.253 e. The minimum absolute atomic E-state index is 0.0407. The van der Waals surface area contributed by atoms with E-state index in [1.165, 1.54) is 0 Å². The summed E-state index contributed by atoms with van der Waals surface area (Å²) in [5.74, 6) is 1.79. The van der Waals surface area contributed by atoms with Gasteiger partial charge in [-0.1, -0.05) is 18.2 Å². The number of amides is 2. The molecule has 0 N–H and O–H groups in total. The number of fused-ring (bicyclic) bond motifs is 1. The second-order valence-corrected chi connectivity index (χ2v) is 8.32. The van der Waals surface area contributed by atoms with Crippen LogP contribution < -0.4 is 14.5 Å². The maximum absolute atomic E-state index is 13.0. The van der Waals surface area contributed by atoms with Crippen molar-refractivity contribution in [2.24, 2.45) is 0 Å². The minimum atomic E-state index is 0.0407. The highest BCUT2D eigenvalue weighted by Crippen LogP contribution is 2.24. The number of rotatable bonds is 5. The normalized spacial score (nSPS) is 16.0. The van der Waals surface area contributed by atoms with Gasteiger partial charge in [-0.2, -0.15) is 5.10 Å². The quantitative estimate of drug-likeness (QED) is 0.604. The van der Waals surface area contributed by atoms with E-state index in [1.54, 1.807) is 18.2 Å². The van der Waals surface area contributed by atoms with Crippen LogP contribution in [-0.2, 0) is 17.9 Å². The Morgan fingerprint density at radius 1 is 1.00 bits per heavy atom. The SMILES string of the molecule is COc1cccc(N2CCN(C(=O)c3ccc(CN4C(=O)CCn5nccc54)cc3)CC2)c1. The number of benzene rings is 2. The van der Waals surface area contributed by atoms with Gasteiger partial charge in [-0.3, -0.25) is 14.5 Å². The molecule has 0 atom stereocenters. The lowest BCUT2D eigenvalue weighted by Crippen LogP contribution is -2.48. The van der Waals surface area contributed by atoms with Crippen LogP contribution >= 0.6 is 0 Å². The molecule has 0 radical (unpaired) electrons. The molecule has 0 saturated carbocycles. The van der Waals surface area contributed by atoms with Gasteiger partial charge in [-0.25, -0.2) is 4.68 Å². The zero-order chi connectivity index (χ0) is 22.8. The molecule has 1 saturated heterocycles. The molecule has 1 fully saturated rings. The van der Waals surface area contributed by atoms with E-state index >= 15 is 0 Å². The predicted molar refractivity (Wildman–Crippen MR) is 126 cm³/mol. The molecule has 33 heavy (non-hydrogen) atoms. The van der Waals surface area contributed by atoms with E-state index in [-0.39, 0.29) is 11.8 Å². The Morgan fingerprint density at radius 2 is 1.79 bits per heavy atom. The van der Waals surface area contributed by atoms with Gasteiger partial charge >= 0.3 is 0 Å². The van der Waals surface area contributed by atoms with Crippen molar-refractivity contribution in [2.75, 3.05) is 43.1 Å². The van der Waals surface area contributed by atoms with Crippen molar-refractivity contribution in [3.63, 3.8) is 0 Å². The fourth-order valence-corrected chi connectivity index (χ4v) is 4.45. The van der Waals surface area contributed by atoms with Crippen LogP contribution in [0.5, 0.6) is 5.75 Å². The molecular weight excluding hydrogens is 418 g/mol. The Labute approximate surface area is 193 Å². The smallest absolute Gasteiger partial charge is 0.253 e. The van der Waals surface area contributed by atoms with Crippen LogP contribution in [-0.4, -0.2) is 59.8 Å². The monoisotopic (exact) mass is 445 g/mol. The number of piperazine rings is 1. The second kappa shape index (κ2) is 8.97. The summed E-state index contributed by atoms with van der Waals surface area (Å²) >= 11 is 0. The lowest BCUT2D eigenvalue weighted by molar-refractivity contribution is -0.119. The minimum Gasteiger partial charge on any atom is -0.497 e. The molecule has 0 unspecified atom stereocenters. The first-order chi connectivity index (χ1) is 16.1. The number of ether oxygens (including phenoxy) is 1. The number of anilines is 2. The van der Waals surface area contributed by atoms with Crippen molar-refractivity contribution in [3.8, 4) is 5.75 Å². The highest BCUT2D eigenvalue weighted by molar-refractivity contribution is 5.95. The number of carbonyl (C=O) groups excluding carboxylic acids is 2. The molecule has 0 bridgehead atoms. The third kappa shape index (κ3) is 4.28. The summed E-state index contributed by atoms with van der Waals surface area (Å²) in [5.41, 5.74) is 2.76. The molecule has 3 heterocycles. The highest BCUT2D eigenvalue weighted by Gasteiger charge is 2.25. The van der Waals surface area contributed by atoms with Gasteiger partial charge in [0, 0.05) is 56.0 Å². The maximum atomic E-state index is 13.0. The molecule has 8 nitrogen and oxygen atoms in total. The largest absolute Gasteiger partial charge is 0.497 e. The Hall–Kier alpha value is -3.81. The molecular formula is C25H27N5O3. The number of nitrogens with zero attached hydrogens (tertiary/aromatic N) is 5. The topological polar surface area (TPSA) is 70.9 Å². The van der Waals surface area contributed by atoms with Gasteiger partial charge in [0.25, 0.3) is 5.91 Å². The lowest BCUT2D eigenvalue weighted by Gasteiger charge is -2.36. The Morgan fingerprint density at radius 3 is 2.55 bits per heavy atom. The molecule has 170 valence electrons. The molecule has 3 aromatic rings. The summed E-state index contributed by atoms with van der Waals surface area (Å²) in [4.78, 5) is 31.4. The van der Waals surface area contributed by atoms with Gasteiger partial charge in [0.15, 0.2) is 0 Å². The molecule has 2 aliphatic heterocycles.